The predicted molar refractivity (Wildman–Crippen MR) is 78.4 cm³/mol. The van der Waals surface area contributed by atoms with Crippen molar-refractivity contribution in [3.63, 3.8) is 0 Å². The normalized spacial score (nSPS) is 15.6. The largest absolute Gasteiger partial charge is 0.494 e. The fraction of sp³-hybridized carbons (Fsp3) is 0.500. The van der Waals surface area contributed by atoms with Gasteiger partial charge in [0.05, 0.1) is 13.2 Å². The van der Waals surface area contributed by atoms with Crippen LogP contribution in [0.2, 0.25) is 0 Å². The molecule has 2 rings (SSSR count). The summed E-state index contributed by atoms with van der Waals surface area (Å²) in [6, 6.07) is 8.03. The van der Waals surface area contributed by atoms with E-state index in [2.05, 4.69) is 29.0 Å². The van der Waals surface area contributed by atoms with Gasteiger partial charge in [-0.2, -0.15) is 0 Å². The minimum absolute atomic E-state index is 0.772. The monoisotopic (exact) mass is 258 g/mol. The van der Waals surface area contributed by atoms with E-state index in [1.54, 1.807) is 0 Å². The molecule has 102 valence electrons. The standard InChI is InChI=1S/C16H22N2O/c1-2-14-19-16-7-5-15(6-8-16)4-3-11-18-12-9-17-10-13-18/h5-8,17H,2,9-14H2,1H3. The molecule has 0 aromatic heterocycles. The highest BCUT2D eigenvalue weighted by Crippen LogP contribution is 2.11. The van der Waals surface area contributed by atoms with Gasteiger partial charge in [-0.15, -0.1) is 0 Å². The lowest BCUT2D eigenvalue weighted by molar-refractivity contribution is 0.268. The SMILES string of the molecule is CCCOc1ccc(C#CCN2CCNCC2)cc1. The molecule has 0 spiro atoms. The molecule has 3 nitrogen and oxygen atoms in total. The van der Waals surface area contributed by atoms with Gasteiger partial charge < -0.3 is 10.1 Å². The molecular weight excluding hydrogens is 236 g/mol. The van der Waals surface area contributed by atoms with Crippen LogP contribution in [0.4, 0.5) is 0 Å². The highest BCUT2D eigenvalue weighted by Gasteiger charge is 2.06. The lowest BCUT2D eigenvalue weighted by Gasteiger charge is -2.24. The smallest absolute Gasteiger partial charge is 0.119 e. The minimum Gasteiger partial charge on any atom is -0.494 e. The van der Waals surface area contributed by atoms with Crippen molar-refractivity contribution in [1.82, 2.24) is 10.2 Å². The van der Waals surface area contributed by atoms with E-state index in [1.165, 1.54) is 0 Å². The van der Waals surface area contributed by atoms with Gasteiger partial charge in [0.1, 0.15) is 5.75 Å². The third kappa shape index (κ3) is 4.94. The number of ether oxygens (including phenoxy) is 1. The third-order valence-electron chi connectivity index (χ3n) is 3.07. The molecule has 0 aliphatic carbocycles. The Morgan fingerprint density at radius 1 is 1.21 bits per heavy atom. The van der Waals surface area contributed by atoms with E-state index < -0.39 is 0 Å². The van der Waals surface area contributed by atoms with E-state index in [-0.39, 0.29) is 0 Å². The maximum Gasteiger partial charge on any atom is 0.119 e. The zero-order valence-corrected chi connectivity index (χ0v) is 11.6. The topological polar surface area (TPSA) is 24.5 Å². The summed E-state index contributed by atoms with van der Waals surface area (Å²) in [6.07, 6.45) is 1.03. The summed E-state index contributed by atoms with van der Waals surface area (Å²) in [5.74, 6) is 7.37. The van der Waals surface area contributed by atoms with E-state index in [9.17, 15) is 0 Å². The van der Waals surface area contributed by atoms with Crippen LogP contribution in [0.1, 0.15) is 18.9 Å². The summed E-state index contributed by atoms with van der Waals surface area (Å²) in [6.45, 7) is 8.08. The Labute approximate surface area is 115 Å². The average Bonchev–Trinajstić information content (AvgIpc) is 2.47. The van der Waals surface area contributed by atoms with Crippen molar-refractivity contribution >= 4 is 0 Å². The second-order valence-electron chi connectivity index (χ2n) is 4.70. The first-order valence-electron chi connectivity index (χ1n) is 7.03. The van der Waals surface area contributed by atoms with Gasteiger partial charge in [0.25, 0.3) is 0 Å². The van der Waals surface area contributed by atoms with Crippen molar-refractivity contribution in [3.8, 4) is 17.6 Å². The van der Waals surface area contributed by atoms with Gasteiger partial charge in [0.2, 0.25) is 0 Å². The Kier molecular flexibility index (Phi) is 5.74. The van der Waals surface area contributed by atoms with Crippen molar-refractivity contribution in [1.29, 1.82) is 0 Å². The third-order valence-corrected chi connectivity index (χ3v) is 3.07. The summed E-state index contributed by atoms with van der Waals surface area (Å²) in [5.41, 5.74) is 1.05. The van der Waals surface area contributed by atoms with Gasteiger partial charge >= 0.3 is 0 Å². The quantitative estimate of drug-likeness (QED) is 0.833. The number of nitrogens with one attached hydrogen (secondary N) is 1. The lowest BCUT2D eigenvalue weighted by atomic mass is 10.2. The highest BCUT2D eigenvalue weighted by molar-refractivity contribution is 5.38. The van der Waals surface area contributed by atoms with Crippen LogP contribution in [0.3, 0.4) is 0 Å². The highest BCUT2D eigenvalue weighted by atomic mass is 16.5. The molecule has 0 bridgehead atoms. The molecular formula is C16H22N2O. The Bertz CT molecular complexity index is 424. The van der Waals surface area contributed by atoms with Crippen LogP contribution < -0.4 is 10.1 Å². The van der Waals surface area contributed by atoms with Crippen LogP contribution in [0, 0.1) is 11.8 Å². The molecule has 1 aliphatic heterocycles. The summed E-state index contributed by atoms with van der Waals surface area (Å²) in [5, 5.41) is 3.34. The molecule has 3 heteroatoms. The fourth-order valence-corrected chi connectivity index (χ4v) is 1.98. The number of hydrogen-bond donors (Lipinski definition) is 1. The molecule has 1 saturated heterocycles. The number of piperazine rings is 1. The number of nitrogens with zero attached hydrogens (tertiary/aromatic N) is 1. The minimum atomic E-state index is 0.772. The van der Waals surface area contributed by atoms with Crippen LogP contribution in [0.15, 0.2) is 24.3 Å². The molecule has 0 atom stereocenters. The first-order chi connectivity index (χ1) is 9.38. The molecule has 1 aromatic carbocycles. The Morgan fingerprint density at radius 2 is 1.95 bits per heavy atom. The maximum atomic E-state index is 5.55. The molecule has 1 fully saturated rings. The lowest BCUT2D eigenvalue weighted by Crippen LogP contribution is -2.43. The molecule has 1 N–H and O–H groups in total. The second-order valence-corrected chi connectivity index (χ2v) is 4.70. The van der Waals surface area contributed by atoms with Crippen LogP contribution in [-0.4, -0.2) is 44.2 Å². The number of benzene rings is 1. The van der Waals surface area contributed by atoms with Gasteiger partial charge in [-0.3, -0.25) is 4.90 Å². The van der Waals surface area contributed by atoms with Gasteiger partial charge in [-0.25, -0.2) is 0 Å². The molecule has 0 amide bonds. The summed E-state index contributed by atoms with van der Waals surface area (Å²) >= 11 is 0. The average molecular weight is 258 g/mol. The molecule has 19 heavy (non-hydrogen) atoms. The molecule has 0 saturated carbocycles. The summed E-state index contributed by atoms with van der Waals surface area (Å²) < 4.78 is 5.55. The number of hydrogen-bond acceptors (Lipinski definition) is 3. The predicted octanol–water partition coefficient (Wildman–Crippen LogP) is 1.73. The Morgan fingerprint density at radius 3 is 2.63 bits per heavy atom. The van der Waals surface area contributed by atoms with Gasteiger partial charge in [0, 0.05) is 31.7 Å². The van der Waals surface area contributed by atoms with Crippen molar-refractivity contribution < 1.29 is 4.74 Å². The molecule has 1 heterocycles. The first kappa shape index (κ1) is 13.9. The van der Waals surface area contributed by atoms with Crippen molar-refractivity contribution in [3.05, 3.63) is 29.8 Å². The first-order valence-corrected chi connectivity index (χ1v) is 7.03. The van der Waals surface area contributed by atoms with Crippen molar-refractivity contribution in [2.45, 2.75) is 13.3 Å². The van der Waals surface area contributed by atoms with Crippen LogP contribution in [0.25, 0.3) is 0 Å². The van der Waals surface area contributed by atoms with Crippen LogP contribution in [-0.2, 0) is 0 Å². The van der Waals surface area contributed by atoms with E-state index in [1.807, 2.05) is 24.3 Å². The van der Waals surface area contributed by atoms with E-state index in [4.69, 9.17) is 4.74 Å². The van der Waals surface area contributed by atoms with Crippen molar-refractivity contribution in [2.24, 2.45) is 0 Å². The van der Waals surface area contributed by atoms with Gasteiger partial charge in [-0.1, -0.05) is 18.8 Å². The Balaban J connectivity index is 1.81. The number of rotatable bonds is 4. The molecule has 0 unspecified atom stereocenters. The zero-order valence-electron chi connectivity index (χ0n) is 11.6. The Hall–Kier alpha value is -1.50. The van der Waals surface area contributed by atoms with Crippen LogP contribution >= 0.6 is 0 Å². The van der Waals surface area contributed by atoms with Gasteiger partial charge in [0.15, 0.2) is 0 Å². The van der Waals surface area contributed by atoms with Crippen LogP contribution in [0.5, 0.6) is 5.75 Å². The van der Waals surface area contributed by atoms with Gasteiger partial charge in [-0.05, 0) is 30.7 Å². The summed E-state index contributed by atoms with van der Waals surface area (Å²) in [7, 11) is 0. The molecule has 1 aromatic rings. The van der Waals surface area contributed by atoms with E-state index in [0.29, 0.717) is 0 Å². The zero-order chi connectivity index (χ0) is 13.3. The van der Waals surface area contributed by atoms with Crippen molar-refractivity contribution in [2.75, 3.05) is 39.3 Å². The maximum absolute atomic E-state index is 5.55. The van der Waals surface area contributed by atoms with E-state index in [0.717, 1.165) is 57.1 Å². The second kappa shape index (κ2) is 7.83. The molecule has 1 aliphatic rings. The summed E-state index contributed by atoms with van der Waals surface area (Å²) in [4.78, 5) is 2.38. The fourth-order valence-electron chi connectivity index (χ4n) is 1.98. The molecule has 0 radical (unpaired) electrons. The van der Waals surface area contributed by atoms with E-state index >= 15 is 0 Å².